The first kappa shape index (κ1) is 21.4. The first-order valence-electron chi connectivity index (χ1n) is 10.9. The van der Waals surface area contributed by atoms with E-state index in [1.54, 1.807) is 0 Å². The predicted molar refractivity (Wildman–Crippen MR) is 108 cm³/mol. The number of allylic oxidation sites excluding steroid dienone is 4. The fourth-order valence-electron chi connectivity index (χ4n) is 7.08. The zero-order valence-electron chi connectivity index (χ0n) is 18.2. The Kier molecular flexibility index (Phi) is 4.88. The van der Waals surface area contributed by atoms with Crippen molar-refractivity contribution in [3.8, 4) is 0 Å². The number of hydrogen-bond acceptors (Lipinski definition) is 5. The lowest BCUT2D eigenvalue weighted by Crippen LogP contribution is -2.58. The summed E-state index contributed by atoms with van der Waals surface area (Å²) >= 11 is 0. The van der Waals surface area contributed by atoms with Crippen LogP contribution in [0.2, 0.25) is 0 Å². The normalized spacial score (nSPS) is 44.9. The summed E-state index contributed by atoms with van der Waals surface area (Å²) in [7, 11) is 0. The Balaban J connectivity index is 1.73. The summed E-state index contributed by atoms with van der Waals surface area (Å²) in [5, 5.41) is 11.7. The van der Waals surface area contributed by atoms with Gasteiger partial charge in [0, 0.05) is 24.2 Å². The molecule has 0 bridgehead atoms. The summed E-state index contributed by atoms with van der Waals surface area (Å²) in [5.41, 5.74) is -1.08. The Morgan fingerprint density at radius 3 is 2.63 bits per heavy atom. The first-order valence-corrected chi connectivity index (χ1v) is 10.9. The predicted octanol–water partition coefficient (Wildman–Crippen LogP) is 3.50. The maximum atomic E-state index is 15.3. The van der Waals surface area contributed by atoms with Crippen molar-refractivity contribution >= 4 is 17.5 Å². The van der Waals surface area contributed by atoms with Crippen LogP contribution in [0.1, 0.15) is 59.8 Å². The van der Waals surface area contributed by atoms with Gasteiger partial charge in [-0.3, -0.25) is 14.4 Å². The van der Waals surface area contributed by atoms with Crippen molar-refractivity contribution in [1.29, 1.82) is 0 Å². The highest BCUT2D eigenvalue weighted by Gasteiger charge is 2.68. The second-order valence-corrected chi connectivity index (χ2v) is 10.2. The number of fused-ring (bicyclic) bond motifs is 5. The quantitative estimate of drug-likeness (QED) is 0.561. The molecule has 2 fully saturated rings. The number of hydrogen-bond donors (Lipinski definition) is 1. The molecular formula is C24H31FO5. The van der Waals surface area contributed by atoms with E-state index in [0.717, 1.165) is 0 Å². The van der Waals surface area contributed by atoms with Crippen LogP contribution < -0.4 is 0 Å². The molecule has 4 rings (SSSR count). The molecule has 5 nitrogen and oxygen atoms in total. The molecule has 0 spiro atoms. The van der Waals surface area contributed by atoms with Crippen molar-refractivity contribution in [2.75, 3.05) is 6.61 Å². The minimum Gasteiger partial charge on any atom is -0.458 e. The van der Waals surface area contributed by atoms with Gasteiger partial charge in [0.05, 0.1) is 0 Å². The number of alkyl halides is 1. The molecule has 0 aliphatic heterocycles. The van der Waals surface area contributed by atoms with E-state index in [-0.39, 0.29) is 30.0 Å². The van der Waals surface area contributed by atoms with Gasteiger partial charge in [0.2, 0.25) is 5.78 Å². The van der Waals surface area contributed by atoms with Gasteiger partial charge in [-0.05, 0) is 55.1 Å². The Morgan fingerprint density at radius 1 is 1.27 bits per heavy atom. The highest BCUT2D eigenvalue weighted by atomic mass is 19.1. The topological polar surface area (TPSA) is 80.7 Å². The van der Waals surface area contributed by atoms with Gasteiger partial charge in [-0.15, -0.1) is 0 Å². The van der Waals surface area contributed by atoms with Crippen LogP contribution in [-0.2, 0) is 19.1 Å². The third-order valence-electron chi connectivity index (χ3n) is 8.73. The van der Waals surface area contributed by atoms with Gasteiger partial charge in [-0.2, -0.15) is 0 Å². The number of ether oxygens (including phenoxy) is 1. The Hall–Kier alpha value is -1.82. The Morgan fingerprint density at radius 2 is 1.97 bits per heavy atom. The van der Waals surface area contributed by atoms with Gasteiger partial charge < -0.3 is 9.84 Å². The average molecular weight is 419 g/mol. The molecule has 0 saturated heterocycles. The van der Waals surface area contributed by atoms with E-state index in [2.05, 4.69) is 6.08 Å². The molecule has 2 saturated carbocycles. The summed E-state index contributed by atoms with van der Waals surface area (Å²) in [6.07, 6.45) is 4.83. The van der Waals surface area contributed by atoms with Gasteiger partial charge in [0.1, 0.15) is 11.8 Å². The summed E-state index contributed by atoms with van der Waals surface area (Å²) in [5.74, 6) is -1.49. The minimum absolute atomic E-state index is 0.00949. The fraction of sp³-hybridized carbons (Fsp3) is 0.708. The molecule has 0 radical (unpaired) electrons. The fourth-order valence-corrected chi connectivity index (χ4v) is 7.08. The standard InChI is InChI=1S/C24H31FO5/c1-13-9-18-16-11-20(25)19-10-15(27)5-7-22(19,3)17(16)6-8-23(18,4)24(13,29)21(28)12-30-14(2)26/h6,10,13,16,18,20,29H,5,7-9,11-12H2,1-4H3/t13-,16-,18-,20+,22+,23-,24+/m1/s1. The van der Waals surface area contributed by atoms with E-state index in [4.69, 9.17) is 4.74 Å². The number of halogens is 1. The average Bonchev–Trinajstić information content (AvgIpc) is 2.89. The number of Topliss-reactive ketones (excluding diaryl/α,β-unsaturated/α-hetero) is 1. The highest BCUT2D eigenvalue weighted by Crippen LogP contribution is 2.67. The molecule has 0 heterocycles. The Bertz CT molecular complexity index is 875. The van der Waals surface area contributed by atoms with Gasteiger partial charge in [0.15, 0.2) is 12.4 Å². The van der Waals surface area contributed by atoms with E-state index in [0.29, 0.717) is 31.3 Å². The van der Waals surface area contributed by atoms with Crippen molar-refractivity contribution < 1.29 is 28.6 Å². The Labute approximate surface area is 176 Å². The lowest BCUT2D eigenvalue weighted by molar-refractivity contribution is -0.167. The maximum Gasteiger partial charge on any atom is 0.303 e. The van der Waals surface area contributed by atoms with Crippen molar-refractivity contribution in [3.05, 3.63) is 23.3 Å². The van der Waals surface area contributed by atoms with Gasteiger partial charge in [-0.1, -0.05) is 32.4 Å². The molecule has 0 amide bonds. The second kappa shape index (κ2) is 6.84. The van der Waals surface area contributed by atoms with Gasteiger partial charge in [-0.25, -0.2) is 4.39 Å². The number of esters is 1. The third-order valence-corrected chi connectivity index (χ3v) is 8.73. The molecule has 7 atom stereocenters. The van der Waals surface area contributed by atoms with E-state index in [1.165, 1.54) is 18.6 Å². The van der Waals surface area contributed by atoms with Crippen LogP contribution in [0.5, 0.6) is 0 Å². The number of carbonyl (C=O) groups is 3. The van der Waals surface area contributed by atoms with Crippen molar-refractivity contribution in [2.45, 2.75) is 71.6 Å². The number of aliphatic hydroxyl groups is 1. The molecule has 30 heavy (non-hydrogen) atoms. The number of ketones is 2. The largest absolute Gasteiger partial charge is 0.458 e. The number of carbonyl (C=O) groups excluding carboxylic acids is 3. The molecule has 0 aromatic carbocycles. The third kappa shape index (κ3) is 2.72. The summed E-state index contributed by atoms with van der Waals surface area (Å²) < 4.78 is 20.2. The zero-order chi connectivity index (χ0) is 22.1. The van der Waals surface area contributed by atoms with E-state index < -0.39 is 41.0 Å². The minimum atomic E-state index is -1.62. The summed E-state index contributed by atoms with van der Waals surface area (Å²) in [6, 6.07) is 0. The van der Waals surface area contributed by atoms with Crippen LogP contribution in [0.25, 0.3) is 0 Å². The lowest BCUT2D eigenvalue weighted by Gasteiger charge is -2.55. The summed E-state index contributed by atoms with van der Waals surface area (Å²) in [4.78, 5) is 36.2. The molecule has 6 heteroatoms. The van der Waals surface area contributed by atoms with E-state index in [9.17, 15) is 19.5 Å². The molecule has 4 aliphatic rings. The van der Waals surface area contributed by atoms with Crippen LogP contribution in [0.3, 0.4) is 0 Å². The zero-order valence-corrected chi connectivity index (χ0v) is 18.2. The van der Waals surface area contributed by atoms with Crippen LogP contribution in [0.4, 0.5) is 4.39 Å². The molecular weight excluding hydrogens is 387 g/mol. The van der Waals surface area contributed by atoms with Crippen LogP contribution in [0, 0.1) is 28.6 Å². The smallest absolute Gasteiger partial charge is 0.303 e. The summed E-state index contributed by atoms with van der Waals surface area (Å²) in [6.45, 7) is 6.61. The first-order chi connectivity index (χ1) is 13.9. The second-order valence-electron chi connectivity index (χ2n) is 10.2. The molecule has 1 N–H and O–H groups in total. The van der Waals surface area contributed by atoms with Gasteiger partial charge >= 0.3 is 5.97 Å². The monoisotopic (exact) mass is 418 g/mol. The SMILES string of the molecule is CC(=O)OCC(=O)[C@@]1(O)[C@H](C)C[C@@H]2[C@@H]3C[C@H](F)C4=CC(=O)CC[C@@]4(C)C3=CC[C@]21C. The van der Waals surface area contributed by atoms with Crippen LogP contribution in [0.15, 0.2) is 23.3 Å². The lowest BCUT2D eigenvalue weighted by atomic mass is 9.50. The van der Waals surface area contributed by atoms with Gasteiger partial charge in [0.25, 0.3) is 0 Å². The van der Waals surface area contributed by atoms with Crippen LogP contribution in [-0.4, -0.2) is 41.0 Å². The molecule has 0 aromatic rings. The van der Waals surface area contributed by atoms with Crippen molar-refractivity contribution in [2.24, 2.45) is 28.6 Å². The molecule has 0 aromatic heterocycles. The molecule has 0 unspecified atom stereocenters. The molecule has 164 valence electrons. The van der Waals surface area contributed by atoms with Crippen molar-refractivity contribution in [3.63, 3.8) is 0 Å². The number of rotatable bonds is 3. The highest BCUT2D eigenvalue weighted by molar-refractivity contribution is 5.92. The van der Waals surface area contributed by atoms with Crippen LogP contribution >= 0.6 is 0 Å². The molecule has 4 aliphatic carbocycles. The maximum absolute atomic E-state index is 15.3. The van der Waals surface area contributed by atoms with E-state index in [1.807, 2.05) is 20.8 Å². The van der Waals surface area contributed by atoms with E-state index >= 15 is 4.39 Å². The van der Waals surface area contributed by atoms with Crippen molar-refractivity contribution in [1.82, 2.24) is 0 Å².